The summed E-state index contributed by atoms with van der Waals surface area (Å²) in [4.78, 5) is 19.7. The Balaban J connectivity index is 1.52. The van der Waals surface area contributed by atoms with E-state index in [1.807, 2.05) is 18.2 Å². The number of aliphatic hydroxyl groups is 1. The second-order valence-corrected chi connectivity index (χ2v) is 7.62. The number of amides is 1. The van der Waals surface area contributed by atoms with Crippen LogP contribution in [0.15, 0.2) is 36.5 Å². The Bertz CT molecular complexity index is 974. The van der Waals surface area contributed by atoms with Gasteiger partial charge in [-0.05, 0) is 31.0 Å². The van der Waals surface area contributed by atoms with Gasteiger partial charge in [-0.25, -0.2) is 4.98 Å². The molecule has 4 rings (SSSR count). The maximum absolute atomic E-state index is 11.2. The van der Waals surface area contributed by atoms with Crippen molar-refractivity contribution in [2.75, 3.05) is 5.32 Å². The molecule has 0 saturated heterocycles. The highest BCUT2D eigenvalue weighted by Gasteiger charge is 2.23. The van der Waals surface area contributed by atoms with Gasteiger partial charge in [-0.3, -0.25) is 9.78 Å². The quantitative estimate of drug-likeness (QED) is 0.622. The van der Waals surface area contributed by atoms with E-state index < -0.39 is 5.91 Å². The number of aliphatic hydroxyl groups excluding tert-OH is 1. The minimum Gasteiger partial charge on any atom is -0.457 e. The fourth-order valence-electron chi connectivity index (χ4n) is 3.21. The number of fused-ring (bicyclic) bond motifs is 1. The lowest BCUT2D eigenvalue weighted by molar-refractivity contribution is 0.0995. The van der Waals surface area contributed by atoms with E-state index in [2.05, 4.69) is 15.3 Å². The van der Waals surface area contributed by atoms with Crippen LogP contribution in [0.25, 0.3) is 10.2 Å². The monoisotopic (exact) mass is 384 g/mol. The Morgan fingerprint density at radius 3 is 2.85 bits per heavy atom. The predicted octanol–water partition coefficient (Wildman–Crippen LogP) is 3.30. The lowest BCUT2D eigenvalue weighted by Gasteiger charge is -2.27. The molecule has 1 fully saturated rings. The highest BCUT2D eigenvalue weighted by molar-refractivity contribution is 7.22. The van der Waals surface area contributed by atoms with Gasteiger partial charge >= 0.3 is 0 Å². The van der Waals surface area contributed by atoms with E-state index in [1.54, 1.807) is 6.07 Å². The summed E-state index contributed by atoms with van der Waals surface area (Å²) >= 11 is 1.53. The number of anilines is 1. The van der Waals surface area contributed by atoms with Gasteiger partial charge in [-0.2, -0.15) is 0 Å². The zero-order chi connectivity index (χ0) is 18.8. The summed E-state index contributed by atoms with van der Waals surface area (Å²) in [7, 11) is 0. The lowest BCUT2D eigenvalue weighted by atomic mass is 9.93. The Hall–Kier alpha value is -2.71. The topological polar surface area (TPSA) is 110 Å². The van der Waals surface area contributed by atoms with E-state index in [-0.39, 0.29) is 17.8 Å². The molecule has 1 aromatic carbocycles. The Kier molecular flexibility index (Phi) is 4.91. The molecule has 1 saturated carbocycles. The van der Waals surface area contributed by atoms with Crippen LogP contribution in [0.5, 0.6) is 11.5 Å². The molecule has 2 unspecified atom stereocenters. The molecule has 8 heteroatoms. The first kappa shape index (κ1) is 17.7. The molecule has 140 valence electrons. The van der Waals surface area contributed by atoms with E-state index in [0.717, 1.165) is 41.0 Å². The summed E-state index contributed by atoms with van der Waals surface area (Å²) in [6.07, 6.45) is 5.15. The van der Waals surface area contributed by atoms with E-state index in [0.29, 0.717) is 11.5 Å². The zero-order valence-corrected chi connectivity index (χ0v) is 15.4. The molecule has 1 amide bonds. The minimum atomic E-state index is -0.598. The Morgan fingerprint density at radius 2 is 2.04 bits per heavy atom. The second kappa shape index (κ2) is 7.50. The number of rotatable bonds is 5. The van der Waals surface area contributed by atoms with Crippen molar-refractivity contribution in [1.29, 1.82) is 0 Å². The van der Waals surface area contributed by atoms with Crippen molar-refractivity contribution in [3.05, 3.63) is 42.2 Å². The SMILES string of the molecule is NC(=O)c1cc(Oc2ccc3nc(NC4CCCCC4O)sc3c2)ccn1. The van der Waals surface area contributed by atoms with Crippen LogP contribution in [-0.2, 0) is 0 Å². The predicted molar refractivity (Wildman–Crippen MR) is 104 cm³/mol. The third kappa shape index (κ3) is 4.01. The summed E-state index contributed by atoms with van der Waals surface area (Å²) in [5.74, 6) is 0.530. The summed E-state index contributed by atoms with van der Waals surface area (Å²) in [5, 5.41) is 14.3. The van der Waals surface area contributed by atoms with Crippen molar-refractivity contribution in [3.8, 4) is 11.5 Å². The van der Waals surface area contributed by atoms with Crippen molar-refractivity contribution in [2.45, 2.75) is 37.8 Å². The molecule has 4 N–H and O–H groups in total. The van der Waals surface area contributed by atoms with E-state index in [9.17, 15) is 9.90 Å². The molecule has 0 bridgehead atoms. The number of nitrogens with two attached hydrogens (primary N) is 1. The smallest absolute Gasteiger partial charge is 0.267 e. The molecular weight excluding hydrogens is 364 g/mol. The van der Waals surface area contributed by atoms with Gasteiger partial charge in [-0.1, -0.05) is 24.2 Å². The number of nitrogens with zero attached hydrogens (tertiary/aromatic N) is 2. The van der Waals surface area contributed by atoms with Gasteiger partial charge in [0.25, 0.3) is 5.91 Å². The fourth-order valence-corrected chi connectivity index (χ4v) is 4.17. The van der Waals surface area contributed by atoms with Crippen LogP contribution in [0.3, 0.4) is 0 Å². The van der Waals surface area contributed by atoms with Gasteiger partial charge in [0.2, 0.25) is 0 Å². The van der Waals surface area contributed by atoms with Gasteiger partial charge in [-0.15, -0.1) is 0 Å². The van der Waals surface area contributed by atoms with Crippen LogP contribution in [0.2, 0.25) is 0 Å². The Labute approximate surface area is 160 Å². The Morgan fingerprint density at radius 1 is 1.22 bits per heavy atom. The van der Waals surface area contributed by atoms with Crippen LogP contribution in [0, 0.1) is 0 Å². The molecule has 2 heterocycles. The highest BCUT2D eigenvalue weighted by atomic mass is 32.1. The molecule has 1 aliphatic carbocycles. The maximum Gasteiger partial charge on any atom is 0.267 e. The van der Waals surface area contributed by atoms with Crippen molar-refractivity contribution >= 4 is 32.6 Å². The minimum absolute atomic E-state index is 0.0547. The van der Waals surface area contributed by atoms with E-state index in [4.69, 9.17) is 10.5 Å². The number of carbonyl (C=O) groups is 1. The molecule has 2 atom stereocenters. The molecule has 3 aromatic rings. The molecule has 7 nitrogen and oxygen atoms in total. The second-order valence-electron chi connectivity index (χ2n) is 6.59. The number of hydrogen-bond acceptors (Lipinski definition) is 7. The molecule has 0 radical (unpaired) electrons. The summed E-state index contributed by atoms with van der Waals surface area (Å²) in [6.45, 7) is 0. The first-order valence-corrected chi connectivity index (χ1v) is 9.69. The van der Waals surface area contributed by atoms with E-state index in [1.165, 1.54) is 23.6 Å². The number of ether oxygens (including phenoxy) is 1. The van der Waals surface area contributed by atoms with Crippen LogP contribution in [0.4, 0.5) is 5.13 Å². The molecule has 1 aliphatic rings. The van der Waals surface area contributed by atoms with Crippen molar-refractivity contribution in [2.24, 2.45) is 5.73 Å². The van der Waals surface area contributed by atoms with Crippen LogP contribution in [-0.4, -0.2) is 33.1 Å². The van der Waals surface area contributed by atoms with Crippen molar-refractivity contribution < 1.29 is 14.6 Å². The van der Waals surface area contributed by atoms with E-state index >= 15 is 0 Å². The van der Waals surface area contributed by atoms with Crippen LogP contribution in [0.1, 0.15) is 36.2 Å². The number of pyridine rings is 1. The van der Waals surface area contributed by atoms with Crippen molar-refractivity contribution in [1.82, 2.24) is 9.97 Å². The molecule has 0 aliphatic heterocycles. The molecule has 0 spiro atoms. The average molecular weight is 384 g/mol. The first-order chi connectivity index (χ1) is 13.1. The number of primary amides is 1. The summed E-state index contributed by atoms with van der Waals surface area (Å²) in [5.41, 5.74) is 6.28. The van der Waals surface area contributed by atoms with Gasteiger partial charge in [0.05, 0.1) is 22.4 Å². The maximum atomic E-state index is 11.2. The fraction of sp³-hybridized carbons (Fsp3) is 0.316. The van der Waals surface area contributed by atoms with Crippen LogP contribution < -0.4 is 15.8 Å². The number of carbonyl (C=O) groups excluding carboxylic acids is 1. The van der Waals surface area contributed by atoms with Crippen molar-refractivity contribution in [3.63, 3.8) is 0 Å². The number of nitrogens with one attached hydrogen (secondary N) is 1. The van der Waals surface area contributed by atoms with Crippen LogP contribution >= 0.6 is 11.3 Å². The first-order valence-electron chi connectivity index (χ1n) is 8.87. The number of benzene rings is 1. The normalized spacial score (nSPS) is 19.7. The third-order valence-corrected chi connectivity index (χ3v) is 5.57. The number of aromatic nitrogens is 2. The van der Waals surface area contributed by atoms with Gasteiger partial charge in [0.15, 0.2) is 5.13 Å². The average Bonchev–Trinajstić information content (AvgIpc) is 3.05. The third-order valence-electron chi connectivity index (χ3n) is 4.62. The van der Waals surface area contributed by atoms with Gasteiger partial charge in [0.1, 0.15) is 17.2 Å². The largest absolute Gasteiger partial charge is 0.457 e. The van der Waals surface area contributed by atoms with Gasteiger partial charge < -0.3 is 20.9 Å². The highest BCUT2D eigenvalue weighted by Crippen LogP contribution is 2.32. The molecule has 2 aromatic heterocycles. The number of hydrogen-bond donors (Lipinski definition) is 3. The zero-order valence-electron chi connectivity index (χ0n) is 14.6. The van der Waals surface area contributed by atoms with Gasteiger partial charge in [0, 0.05) is 18.3 Å². The number of thiazole rings is 1. The lowest BCUT2D eigenvalue weighted by Crippen LogP contribution is -2.36. The summed E-state index contributed by atoms with van der Waals surface area (Å²) in [6, 6.07) is 8.85. The summed E-state index contributed by atoms with van der Waals surface area (Å²) < 4.78 is 6.80. The molecule has 27 heavy (non-hydrogen) atoms. The standard InChI is InChI=1S/C19H20N4O3S/c20-18(25)15-9-12(7-8-21-15)26-11-5-6-14-17(10-11)27-19(23-14)22-13-3-1-2-4-16(13)24/h5-10,13,16,24H,1-4H2,(H2,20,25)(H,22,23). The molecular formula is C19H20N4O3S.